The number of thiophene rings is 1. The molecule has 7 nitrogen and oxygen atoms in total. The maximum Gasteiger partial charge on any atom is 0.291 e. The first-order valence-electron chi connectivity index (χ1n) is 8.18. The SMILES string of the molecule is O=C(CCNC(=O)c1cccs1)Nc1ccc(NC(=O)c2ccco2)cc1. The van der Waals surface area contributed by atoms with Crippen molar-refractivity contribution >= 4 is 40.4 Å². The summed E-state index contributed by atoms with van der Waals surface area (Å²) in [5.41, 5.74) is 1.18. The second-order valence-electron chi connectivity index (χ2n) is 5.54. The quantitative estimate of drug-likeness (QED) is 0.582. The molecular weight excluding hydrogens is 366 g/mol. The summed E-state index contributed by atoms with van der Waals surface area (Å²) in [5, 5.41) is 9.95. The van der Waals surface area contributed by atoms with Crippen LogP contribution >= 0.6 is 11.3 Å². The molecule has 0 radical (unpaired) electrons. The van der Waals surface area contributed by atoms with E-state index in [0.29, 0.717) is 16.3 Å². The van der Waals surface area contributed by atoms with Crippen molar-refractivity contribution in [1.29, 1.82) is 0 Å². The lowest BCUT2D eigenvalue weighted by atomic mass is 10.2. The van der Waals surface area contributed by atoms with Gasteiger partial charge in [-0.25, -0.2) is 0 Å². The average Bonchev–Trinajstić information content (AvgIpc) is 3.37. The Morgan fingerprint density at radius 3 is 2.26 bits per heavy atom. The number of hydrogen-bond donors (Lipinski definition) is 3. The number of hydrogen-bond acceptors (Lipinski definition) is 5. The molecule has 138 valence electrons. The molecule has 27 heavy (non-hydrogen) atoms. The van der Waals surface area contributed by atoms with E-state index in [4.69, 9.17) is 4.42 Å². The largest absolute Gasteiger partial charge is 0.459 e. The van der Waals surface area contributed by atoms with Crippen LogP contribution in [0.15, 0.2) is 64.6 Å². The summed E-state index contributed by atoms with van der Waals surface area (Å²) in [6.07, 6.45) is 1.59. The van der Waals surface area contributed by atoms with E-state index in [1.54, 1.807) is 48.5 Å². The maximum atomic E-state index is 12.0. The van der Waals surface area contributed by atoms with E-state index in [9.17, 15) is 14.4 Å². The number of amides is 3. The number of carbonyl (C=O) groups excluding carboxylic acids is 3. The molecule has 0 bridgehead atoms. The van der Waals surface area contributed by atoms with Gasteiger partial charge in [-0.1, -0.05) is 6.07 Å². The molecule has 3 rings (SSSR count). The van der Waals surface area contributed by atoms with Crippen molar-refractivity contribution in [2.24, 2.45) is 0 Å². The fourth-order valence-corrected chi connectivity index (χ4v) is 2.89. The Hall–Kier alpha value is -3.39. The molecule has 0 saturated heterocycles. The van der Waals surface area contributed by atoms with Gasteiger partial charge in [-0.15, -0.1) is 11.3 Å². The molecule has 8 heteroatoms. The highest BCUT2D eigenvalue weighted by atomic mass is 32.1. The van der Waals surface area contributed by atoms with E-state index in [2.05, 4.69) is 16.0 Å². The van der Waals surface area contributed by atoms with Gasteiger partial charge >= 0.3 is 0 Å². The molecule has 0 aliphatic heterocycles. The Bertz CT molecular complexity index is 903. The van der Waals surface area contributed by atoms with Gasteiger partial charge in [-0.3, -0.25) is 14.4 Å². The third-order valence-electron chi connectivity index (χ3n) is 3.55. The second kappa shape index (κ2) is 8.81. The molecule has 3 amide bonds. The van der Waals surface area contributed by atoms with Crippen LogP contribution in [0.2, 0.25) is 0 Å². The number of rotatable bonds is 7. The minimum Gasteiger partial charge on any atom is -0.459 e. The molecule has 0 atom stereocenters. The van der Waals surface area contributed by atoms with Crippen molar-refractivity contribution in [2.45, 2.75) is 6.42 Å². The zero-order chi connectivity index (χ0) is 19.1. The van der Waals surface area contributed by atoms with Crippen LogP contribution in [0.5, 0.6) is 0 Å². The number of furan rings is 1. The van der Waals surface area contributed by atoms with Gasteiger partial charge in [0.25, 0.3) is 11.8 Å². The van der Waals surface area contributed by atoms with Crippen LogP contribution in [0.4, 0.5) is 11.4 Å². The fourth-order valence-electron chi connectivity index (χ4n) is 2.25. The van der Waals surface area contributed by atoms with Crippen molar-refractivity contribution < 1.29 is 18.8 Å². The molecular formula is C19H17N3O4S. The maximum absolute atomic E-state index is 12.0. The van der Waals surface area contributed by atoms with Gasteiger partial charge < -0.3 is 20.4 Å². The molecule has 2 aromatic heterocycles. The van der Waals surface area contributed by atoms with E-state index in [0.717, 1.165) is 0 Å². The highest BCUT2D eigenvalue weighted by molar-refractivity contribution is 7.12. The molecule has 0 unspecified atom stereocenters. The smallest absolute Gasteiger partial charge is 0.291 e. The molecule has 0 saturated carbocycles. The van der Waals surface area contributed by atoms with Gasteiger partial charge in [-0.2, -0.15) is 0 Å². The normalized spacial score (nSPS) is 10.2. The number of carbonyl (C=O) groups is 3. The van der Waals surface area contributed by atoms with Crippen molar-refractivity contribution in [3.8, 4) is 0 Å². The zero-order valence-electron chi connectivity index (χ0n) is 14.2. The second-order valence-corrected chi connectivity index (χ2v) is 6.49. The average molecular weight is 383 g/mol. The number of benzene rings is 1. The summed E-state index contributed by atoms with van der Waals surface area (Å²) in [5.74, 6) is -0.529. The highest BCUT2D eigenvalue weighted by Gasteiger charge is 2.10. The van der Waals surface area contributed by atoms with Crippen molar-refractivity contribution in [2.75, 3.05) is 17.2 Å². The third-order valence-corrected chi connectivity index (χ3v) is 4.42. The van der Waals surface area contributed by atoms with Gasteiger partial charge in [0.15, 0.2) is 5.76 Å². The van der Waals surface area contributed by atoms with Crippen LogP contribution in [0.1, 0.15) is 26.6 Å². The Labute approximate surface area is 159 Å². The minimum absolute atomic E-state index is 0.161. The molecule has 0 fully saturated rings. The van der Waals surface area contributed by atoms with Crippen LogP contribution < -0.4 is 16.0 Å². The molecule has 0 aliphatic carbocycles. The summed E-state index contributed by atoms with van der Waals surface area (Å²) < 4.78 is 5.02. The minimum atomic E-state index is -0.349. The number of anilines is 2. The van der Waals surface area contributed by atoms with Gasteiger partial charge in [0.1, 0.15) is 0 Å². The first kappa shape index (κ1) is 18.4. The highest BCUT2D eigenvalue weighted by Crippen LogP contribution is 2.15. The van der Waals surface area contributed by atoms with Crippen LogP contribution in [0.3, 0.4) is 0 Å². The topological polar surface area (TPSA) is 100 Å². The summed E-state index contributed by atoms with van der Waals surface area (Å²) >= 11 is 1.35. The molecule has 0 spiro atoms. The Balaban J connectivity index is 1.43. The monoisotopic (exact) mass is 383 g/mol. The lowest BCUT2D eigenvalue weighted by Crippen LogP contribution is -2.27. The lowest BCUT2D eigenvalue weighted by molar-refractivity contribution is -0.116. The molecule has 3 aromatic rings. The van der Waals surface area contributed by atoms with E-state index < -0.39 is 0 Å². The fraction of sp³-hybridized carbons (Fsp3) is 0.105. The summed E-state index contributed by atoms with van der Waals surface area (Å²) in [7, 11) is 0. The van der Waals surface area contributed by atoms with Gasteiger partial charge in [-0.05, 0) is 47.8 Å². The summed E-state index contributed by atoms with van der Waals surface area (Å²) in [6, 6.07) is 13.4. The summed E-state index contributed by atoms with van der Waals surface area (Å²) in [4.78, 5) is 36.2. The van der Waals surface area contributed by atoms with Crippen molar-refractivity contribution in [1.82, 2.24) is 5.32 Å². The predicted molar refractivity (Wildman–Crippen MR) is 103 cm³/mol. The van der Waals surface area contributed by atoms with E-state index in [1.165, 1.54) is 17.6 Å². The van der Waals surface area contributed by atoms with Gasteiger partial charge in [0.2, 0.25) is 5.91 Å². The predicted octanol–water partition coefficient (Wildman–Crippen LogP) is 3.35. The van der Waals surface area contributed by atoms with Crippen LogP contribution in [-0.4, -0.2) is 24.3 Å². The Morgan fingerprint density at radius 1 is 0.889 bits per heavy atom. The van der Waals surface area contributed by atoms with E-state index >= 15 is 0 Å². The summed E-state index contributed by atoms with van der Waals surface area (Å²) in [6.45, 7) is 0.250. The van der Waals surface area contributed by atoms with Gasteiger partial charge in [0, 0.05) is 24.3 Å². The Kier molecular flexibility index (Phi) is 6.01. The zero-order valence-corrected chi connectivity index (χ0v) is 15.0. The molecule has 1 aromatic carbocycles. The van der Waals surface area contributed by atoms with Crippen molar-refractivity contribution in [3.63, 3.8) is 0 Å². The molecule has 2 heterocycles. The molecule has 3 N–H and O–H groups in total. The van der Waals surface area contributed by atoms with Crippen LogP contribution in [0, 0.1) is 0 Å². The van der Waals surface area contributed by atoms with E-state index in [-0.39, 0.29) is 36.4 Å². The molecule has 0 aliphatic rings. The third kappa shape index (κ3) is 5.29. The van der Waals surface area contributed by atoms with E-state index in [1.807, 2.05) is 5.38 Å². The Morgan fingerprint density at radius 2 is 1.63 bits per heavy atom. The number of nitrogens with one attached hydrogen (secondary N) is 3. The van der Waals surface area contributed by atoms with Crippen molar-refractivity contribution in [3.05, 3.63) is 70.8 Å². The first-order chi connectivity index (χ1) is 13.1. The van der Waals surface area contributed by atoms with Crippen LogP contribution in [-0.2, 0) is 4.79 Å². The lowest BCUT2D eigenvalue weighted by Gasteiger charge is -2.08. The first-order valence-corrected chi connectivity index (χ1v) is 9.06. The van der Waals surface area contributed by atoms with Crippen LogP contribution in [0.25, 0.3) is 0 Å². The standard InChI is InChI=1S/C19H17N3O4S/c23-17(9-10-20-19(25)16-4-2-12-27-16)21-13-5-7-14(8-6-13)22-18(24)15-3-1-11-26-15/h1-8,11-12H,9-10H2,(H,20,25)(H,21,23)(H,22,24). The van der Waals surface area contributed by atoms with Gasteiger partial charge in [0.05, 0.1) is 11.1 Å².